The van der Waals surface area contributed by atoms with Gasteiger partial charge in [-0.3, -0.25) is 0 Å². The molecule has 0 saturated heterocycles. The predicted molar refractivity (Wildman–Crippen MR) is 71.0 cm³/mol. The molecule has 1 rings (SSSR count). The minimum Gasteiger partial charge on any atom is -0.491 e. The van der Waals surface area contributed by atoms with E-state index in [9.17, 15) is 0 Å². The van der Waals surface area contributed by atoms with Crippen LogP contribution in [0.25, 0.3) is 0 Å². The zero-order chi connectivity index (χ0) is 13.2. The Balaban J connectivity index is 2.07. The zero-order valence-corrected chi connectivity index (χ0v) is 11.3. The van der Waals surface area contributed by atoms with E-state index in [2.05, 4.69) is 19.9 Å². The van der Waals surface area contributed by atoms with Crippen molar-refractivity contribution in [2.24, 2.45) is 0 Å². The van der Waals surface area contributed by atoms with Crippen molar-refractivity contribution in [3.63, 3.8) is 0 Å². The number of rotatable bonds is 9. The second kappa shape index (κ2) is 8.91. The second-order valence-corrected chi connectivity index (χ2v) is 4.37. The number of nitrogens with two attached hydrogens (primary N) is 1. The van der Waals surface area contributed by atoms with Crippen LogP contribution in [0.5, 0.6) is 5.75 Å². The van der Waals surface area contributed by atoms with Crippen LogP contribution in [-0.2, 0) is 4.74 Å². The van der Waals surface area contributed by atoms with Gasteiger partial charge in [-0.15, -0.1) is 0 Å². The van der Waals surface area contributed by atoms with Crippen molar-refractivity contribution in [2.45, 2.75) is 13.8 Å². The van der Waals surface area contributed by atoms with E-state index in [0.717, 1.165) is 18.8 Å². The summed E-state index contributed by atoms with van der Waals surface area (Å²) in [5.74, 6) is 0.906. The molecule has 102 valence electrons. The van der Waals surface area contributed by atoms with Crippen LogP contribution in [-0.4, -0.2) is 44.6 Å². The smallest absolute Gasteiger partial charge is 0.119 e. The number of ether oxygens (including phenoxy) is 2. The molecule has 0 saturated carbocycles. The van der Waals surface area contributed by atoms with E-state index in [1.54, 1.807) is 0 Å². The van der Waals surface area contributed by atoms with Gasteiger partial charge in [-0.25, -0.2) is 0 Å². The number of hydrogen-bond acceptors (Lipinski definition) is 3. The maximum atomic E-state index is 8.59. The van der Waals surface area contributed by atoms with Crippen LogP contribution < -0.4 is 10.1 Å². The van der Waals surface area contributed by atoms with Crippen LogP contribution in [0.4, 0.5) is 0 Å². The number of hydrogen-bond donors (Lipinski definition) is 2. The lowest BCUT2D eigenvalue weighted by Crippen LogP contribution is -2.86. The van der Waals surface area contributed by atoms with Crippen molar-refractivity contribution in [3.05, 3.63) is 29.3 Å². The summed E-state index contributed by atoms with van der Waals surface area (Å²) >= 11 is 0. The normalized spacial score (nSPS) is 10.6. The number of aliphatic hydroxyl groups excluding tert-OH is 1. The molecular weight excluding hydrogens is 230 g/mol. The molecule has 0 aromatic heterocycles. The summed E-state index contributed by atoms with van der Waals surface area (Å²) in [4.78, 5) is 0. The Labute approximate surface area is 109 Å². The van der Waals surface area contributed by atoms with Crippen molar-refractivity contribution in [2.75, 3.05) is 39.5 Å². The topological polar surface area (TPSA) is 55.3 Å². The van der Waals surface area contributed by atoms with Gasteiger partial charge < -0.3 is 19.9 Å². The summed E-state index contributed by atoms with van der Waals surface area (Å²) in [6, 6.07) is 6.18. The average Bonchev–Trinajstić information content (AvgIpc) is 2.31. The van der Waals surface area contributed by atoms with Crippen LogP contribution in [0.3, 0.4) is 0 Å². The standard InChI is InChI=1S/C14H23NO3/c1-12-9-13(2)11-14(10-12)18-8-7-17-6-4-15-3-5-16/h9-11,15-16H,3-8H2,1-2H3/p+1. The van der Waals surface area contributed by atoms with Gasteiger partial charge in [0.1, 0.15) is 12.4 Å². The number of aryl methyl sites for hydroxylation is 2. The molecule has 0 radical (unpaired) electrons. The first-order valence-corrected chi connectivity index (χ1v) is 6.43. The van der Waals surface area contributed by atoms with E-state index in [0.29, 0.717) is 19.8 Å². The molecule has 0 aliphatic rings. The van der Waals surface area contributed by atoms with Gasteiger partial charge in [-0.05, 0) is 37.1 Å². The molecule has 18 heavy (non-hydrogen) atoms. The summed E-state index contributed by atoms with van der Waals surface area (Å²) in [7, 11) is 0. The molecule has 1 aromatic carbocycles. The maximum Gasteiger partial charge on any atom is 0.119 e. The van der Waals surface area contributed by atoms with Gasteiger partial charge in [0.2, 0.25) is 0 Å². The van der Waals surface area contributed by atoms with Gasteiger partial charge in [-0.2, -0.15) is 0 Å². The second-order valence-electron chi connectivity index (χ2n) is 4.37. The van der Waals surface area contributed by atoms with E-state index < -0.39 is 0 Å². The Kier molecular flexibility index (Phi) is 7.41. The Morgan fingerprint density at radius 2 is 1.72 bits per heavy atom. The summed E-state index contributed by atoms with van der Waals surface area (Å²) in [6.45, 7) is 7.82. The Hall–Kier alpha value is -1.10. The predicted octanol–water partition coefficient (Wildman–Crippen LogP) is 0.255. The highest BCUT2D eigenvalue weighted by atomic mass is 16.5. The molecule has 4 nitrogen and oxygen atoms in total. The lowest BCUT2D eigenvalue weighted by atomic mass is 10.1. The summed E-state index contributed by atoms with van der Waals surface area (Å²) in [6.07, 6.45) is 0. The van der Waals surface area contributed by atoms with Crippen LogP contribution in [0, 0.1) is 13.8 Å². The fraction of sp³-hybridized carbons (Fsp3) is 0.571. The molecule has 0 fully saturated rings. The molecular formula is C14H24NO3+. The molecule has 0 heterocycles. The Bertz CT molecular complexity index is 322. The molecule has 0 spiro atoms. The average molecular weight is 254 g/mol. The van der Waals surface area contributed by atoms with Crippen molar-refractivity contribution in [1.82, 2.24) is 0 Å². The third-order valence-electron chi connectivity index (χ3n) is 2.49. The SMILES string of the molecule is Cc1cc(C)cc(OCCOCC[NH2+]CCO)c1. The van der Waals surface area contributed by atoms with Gasteiger partial charge >= 0.3 is 0 Å². The lowest BCUT2D eigenvalue weighted by Gasteiger charge is -2.08. The Morgan fingerprint density at radius 1 is 1.00 bits per heavy atom. The molecule has 0 bridgehead atoms. The molecule has 0 amide bonds. The molecule has 0 aliphatic heterocycles. The number of benzene rings is 1. The van der Waals surface area contributed by atoms with E-state index in [1.807, 2.05) is 17.4 Å². The van der Waals surface area contributed by atoms with Gasteiger partial charge in [0.05, 0.1) is 32.9 Å². The first-order valence-electron chi connectivity index (χ1n) is 6.43. The molecule has 4 heteroatoms. The molecule has 1 aromatic rings. The van der Waals surface area contributed by atoms with Crippen LogP contribution in [0.2, 0.25) is 0 Å². The molecule has 3 N–H and O–H groups in total. The van der Waals surface area contributed by atoms with E-state index in [-0.39, 0.29) is 6.61 Å². The van der Waals surface area contributed by atoms with Gasteiger partial charge in [0, 0.05) is 0 Å². The van der Waals surface area contributed by atoms with E-state index in [1.165, 1.54) is 11.1 Å². The first-order chi connectivity index (χ1) is 8.72. The highest BCUT2D eigenvalue weighted by Crippen LogP contribution is 2.15. The first kappa shape index (κ1) is 15.0. The van der Waals surface area contributed by atoms with Crippen LogP contribution >= 0.6 is 0 Å². The fourth-order valence-corrected chi connectivity index (χ4v) is 1.74. The molecule has 0 unspecified atom stereocenters. The quantitative estimate of drug-likeness (QED) is 0.621. The van der Waals surface area contributed by atoms with Crippen molar-refractivity contribution in [3.8, 4) is 5.75 Å². The highest BCUT2D eigenvalue weighted by Gasteiger charge is 1.97. The van der Waals surface area contributed by atoms with Crippen molar-refractivity contribution >= 4 is 0 Å². The highest BCUT2D eigenvalue weighted by molar-refractivity contribution is 5.32. The third-order valence-corrected chi connectivity index (χ3v) is 2.49. The summed E-state index contributed by atoms with van der Waals surface area (Å²) in [5.41, 5.74) is 2.43. The fourth-order valence-electron chi connectivity index (χ4n) is 1.74. The monoisotopic (exact) mass is 254 g/mol. The van der Waals surface area contributed by atoms with E-state index >= 15 is 0 Å². The summed E-state index contributed by atoms with van der Waals surface area (Å²) < 4.78 is 11.0. The largest absolute Gasteiger partial charge is 0.491 e. The summed E-state index contributed by atoms with van der Waals surface area (Å²) in [5, 5.41) is 10.6. The third kappa shape index (κ3) is 6.59. The lowest BCUT2D eigenvalue weighted by molar-refractivity contribution is -0.657. The molecule has 0 aliphatic carbocycles. The van der Waals surface area contributed by atoms with Gasteiger partial charge in [-0.1, -0.05) is 6.07 Å². The van der Waals surface area contributed by atoms with Gasteiger partial charge in [0.25, 0.3) is 0 Å². The van der Waals surface area contributed by atoms with Gasteiger partial charge in [0.15, 0.2) is 0 Å². The van der Waals surface area contributed by atoms with Crippen LogP contribution in [0.15, 0.2) is 18.2 Å². The molecule has 0 atom stereocenters. The minimum atomic E-state index is 0.218. The van der Waals surface area contributed by atoms with Crippen LogP contribution in [0.1, 0.15) is 11.1 Å². The minimum absolute atomic E-state index is 0.218. The van der Waals surface area contributed by atoms with Crippen molar-refractivity contribution in [1.29, 1.82) is 0 Å². The maximum absolute atomic E-state index is 8.59. The number of quaternary nitrogens is 1. The zero-order valence-electron chi connectivity index (χ0n) is 11.3. The van der Waals surface area contributed by atoms with Crippen molar-refractivity contribution < 1.29 is 19.9 Å². The number of aliphatic hydroxyl groups is 1. The van der Waals surface area contributed by atoms with E-state index in [4.69, 9.17) is 14.6 Å². The Morgan fingerprint density at radius 3 is 2.39 bits per heavy atom.